The fourth-order valence-corrected chi connectivity index (χ4v) is 3.16. The molecule has 24 heavy (non-hydrogen) atoms. The van der Waals surface area contributed by atoms with Gasteiger partial charge in [-0.1, -0.05) is 17.7 Å². The van der Waals surface area contributed by atoms with Gasteiger partial charge in [-0.15, -0.1) is 11.3 Å². The van der Waals surface area contributed by atoms with Crippen LogP contribution in [0.15, 0.2) is 29.6 Å². The van der Waals surface area contributed by atoms with Crippen LogP contribution in [-0.2, 0) is 4.74 Å². The SMILES string of the molecule is Cc1cccc(C(=O)NNC(=O)c2csc(N3CCOCC3)n2)c1. The molecule has 8 heteroatoms. The number of amides is 2. The highest BCUT2D eigenvalue weighted by Crippen LogP contribution is 2.21. The summed E-state index contributed by atoms with van der Waals surface area (Å²) in [6, 6.07) is 7.13. The summed E-state index contributed by atoms with van der Waals surface area (Å²) in [4.78, 5) is 30.5. The van der Waals surface area contributed by atoms with E-state index in [-0.39, 0.29) is 11.6 Å². The highest BCUT2D eigenvalue weighted by atomic mass is 32.1. The predicted octanol–water partition coefficient (Wildman–Crippen LogP) is 1.36. The number of rotatable bonds is 3. The van der Waals surface area contributed by atoms with E-state index in [0.717, 1.165) is 23.8 Å². The van der Waals surface area contributed by atoms with Crippen LogP contribution in [-0.4, -0.2) is 43.1 Å². The fraction of sp³-hybridized carbons (Fsp3) is 0.312. The summed E-state index contributed by atoms with van der Waals surface area (Å²) in [6.07, 6.45) is 0. The van der Waals surface area contributed by atoms with Crippen LogP contribution >= 0.6 is 11.3 Å². The van der Waals surface area contributed by atoms with E-state index < -0.39 is 5.91 Å². The first-order valence-electron chi connectivity index (χ1n) is 7.59. The van der Waals surface area contributed by atoms with E-state index in [4.69, 9.17) is 4.74 Å². The number of benzene rings is 1. The van der Waals surface area contributed by atoms with Crippen LogP contribution in [0.1, 0.15) is 26.4 Å². The zero-order valence-electron chi connectivity index (χ0n) is 13.2. The molecule has 0 spiro atoms. The number of aromatic nitrogens is 1. The second kappa shape index (κ2) is 7.41. The molecule has 2 heterocycles. The third-order valence-electron chi connectivity index (χ3n) is 3.58. The predicted molar refractivity (Wildman–Crippen MR) is 91.3 cm³/mol. The molecule has 1 aromatic heterocycles. The van der Waals surface area contributed by atoms with Crippen LogP contribution in [0.4, 0.5) is 5.13 Å². The van der Waals surface area contributed by atoms with Gasteiger partial charge in [0, 0.05) is 24.0 Å². The molecule has 1 aliphatic heterocycles. The number of nitrogens with zero attached hydrogens (tertiary/aromatic N) is 2. The molecule has 126 valence electrons. The van der Waals surface area contributed by atoms with E-state index in [1.54, 1.807) is 23.6 Å². The smallest absolute Gasteiger partial charge is 0.289 e. The second-order valence-corrected chi connectivity index (χ2v) is 6.23. The lowest BCUT2D eigenvalue weighted by Crippen LogP contribution is -2.42. The highest BCUT2D eigenvalue weighted by Gasteiger charge is 2.18. The highest BCUT2D eigenvalue weighted by molar-refractivity contribution is 7.13. The summed E-state index contributed by atoms with van der Waals surface area (Å²) < 4.78 is 5.30. The van der Waals surface area contributed by atoms with Gasteiger partial charge in [0.1, 0.15) is 5.69 Å². The van der Waals surface area contributed by atoms with Crippen LogP contribution in [0.3, 0.4) is 0 Å². The van der Waals surface area contributed by atoms with Crippen LogP contribution in [0.5, 0.6) is 0 Å². The Bertz CT molecular complexity index is 740. The van der Waals surface area contributed by atoms with E-state index in [2.05, 4.69) is 20.7 Å². The van der Waals surface area contributed by atoms with Gasteiger partial charge in [0.2, 0.25) is 0 Å². The van der Waals surface area contributed by atoms with Gasteiger partial charge < -0.3 is 9.64 Å². The summed E-state index contributed by atoms with van der Waals surface area (Å²) in [5, 5.41) is 2.47. The van der Waals surface area contributed by atoms with Crippen molar-refractivity contribution in [3.05, 3.63) is 46.5 Å². The molecule has 0 saturated carbocycles. The summed E-state index contributed by atoms with van der Waals surface area (Å²) in [7, 11) is 0. The van der Waals surface area contributed by atoms with E-state index >= 15 is 0 Å². The van der Waals surface area contributed by atoms with Gasteiger partial charge in [-0.3, -0.25) is 20.4 Å². The second-order valence-electron chi connectivity index (χ2n) is 5.39. The van der Waals surface area contributed by atoms with Crippen molar-refractivity contribution in [1.29, 1.82) is 0 Å². The molecule has 0 aliphatic carbocycles. The summed E-state index contributed by atoms with van der Waals surface area (Å²) in [5.41, 5.74) is 6.55. The summed E-state index contributed by atoms with van der Waals surface area (Å²) in [6.45, 7) is 4.75. The molecule has 7 nitrogen and oxygen atoms in total. The molecule has 1 saturated heterocycles. The van der Waals surface area contributed by atoms with E-state index in [0.29, 0.717) is 18.8 Å². The Hall–Kier alpha value is -2.45. The standard InChI is InChI=1S/C16H18N4O3S/c1-11-3-2-4-12(9-11)14(21)18-19-15(22)13-10-24-16(17-13)20-5-7-23-8-6-20/h2-4,9-10H,5-8H2,1H3,(H,18,21)(H,19,22). The Kier molecular flexibility index (Phi) is 5.07. The molecule has 0 radical (unpaired) electrons. The molecule has 2 aromatic rings. The number of hydrazine groups is 1. The van der Waals surface area contributed by atoms with Gasteiger partial charge in [0.15, 0.2) is 5.13 Å². The molecule has 1 aliphatic rings. The third kappa shape index (κ3) is 3.90. The minimum Gasteiger partial charge on any atom is -0.378 e. The molecule has 1 aromatic carbocycles. The Labute approximate surface area is 143 Å². The fourth-order valence-electron chi connectivity index (χ4n) is 2.30. The zero-order valence-corrected chi connectivity index (χ0v) is 14.1. The van der Waals surface area contributed by atoms with Crippen LogP contribution in [0.2, 0.25) is 0 Å². The van der Waals surface area contributed by atoms with Crippen molar-refractivity contribution in [1.82, 2.24) is 15.8 Å². The van der Waals surface area contributed by atoms with Crippen molar-refractivity contribution in [3.8, 4) is 0 Å². The normalized spacial score (nSPS) is 14.3. The van der Waals surface area contributed by atoms with Crippen molar-refractivity contribution in [2.45, 2.75) is 6.92 Å². The zero-order chi connectivity index (χ0) is 16.9. The molecule has 2 N–H and O–H groups in total. The number of nitrogens with one attached hydrogen (secondary N) is 2. The number of hydrogen-bond donors (Lipinski definition) is 2. The van der Waals surface area contributed by atoms with Gasteiger partial charge in [-0.05, 0) is 19.1 Å². The van der Waals surface area contributed by atoms with Crippen LogP contribution in [0.25, 0.3) is 0 Å². The van der Waals surface area contributed by atoms with Gasteiger partial charge in [-0.25, -0.2) is 4.98 Å². The maximum atomic E-state index is 12.1. The number of aryl methyl sites for hydroxylation is 1. The molecule has 3 rings (SSSR count). The van der Waals surface area contributed by atoms with Gasteiger partial charge in [-0.2, -0.15) is 0 Å². The average molecular weight is 346 g/mol. The summed E-state index contributed by atoms with van der Waals surface area (Å²) in [5.74, 6) is -0.803. The third-order valence-corrected chi connectivity index (χ3v) is 4.48. The number of carbonyl (C=O) groups excluding carboxylic acids is 2. The van der Waals surface area contributed by atoms with E-state index in [1.165, 1.54) is 11.3 Å². The molecule has 0 bridgehead atoms. The van der Waals surface area contributed by atoms with Gasteiger partial charge in [0.05, 0.1) is 13.2 Å². The van der Waals surface area contributed by atoms with Gasteiger partial charge in [0.25, 0.3) is 11.8 Å². The molecule has 0 unspecified atom stereocenters. The van der Waals surface area contributed by atoms with Crippen molar-refractivity contribution in [2.75, 3.05) is 31.2 Å². The van der Waals surface area contributed by atoms with Crippen molar-refractivity contribution >= 4 is 28.3 Å². The number of morpholine rings is 1. The number of thiazole rings is 1. The average Bonchev–Trinajstić information content (AvgIpc) is 3.10. The molecule has 2 amide bonds. The Morgan fingerprint density at radius 2 is 1.96 bits per heavy atom. The topological polar surface area (TPSA) is 83.6 Å². The van der Waals surface area contributed by atoms with Crippen LogP contribution in [0, 0.1) is 6.92 Å². The van der Waals surface area contributed by atoms with Gasteiger partial charge >= 0.3 is 0 Å². The molecular weight excluding hydrogens is 328 g/mol. The Morgan fingerprint density at radius 1 is 1.21 bits per heavy atom. The maximum absolute atomic E-state index is 12.1. The number of carbonyl (C=O) groups is 2. The van der Waals surface area contributed by atoms with Crippen molar-refractivity contribution in [3.63, 3.8) is 0 Å². The molecule has 0 atom stereocenters. The maximum Gasteiger partial charge on any atom is 0.289 e. The molecular formula is C16H18N4O3S. The first-order valence-corrected chi connectivity index (χ1v) is 8.47. The van der Waals surface area contributed by atoms with Crippen LogP contribution < -0.4 is 15.8 Å². The Morgan fingerprint density at radius 3 is 2.71 bits per heavy atom. The van der Waals surface area contributed by atoms with Crippen molar-refractivity contribution < 1.29 is 14.3 Å². The number of hydrogen-bond acceptors (Lipinski definition) is 6. The van der Waals surface area contributed by atoms with E-state index in [9.17, 15) is 9.59 Å². The lowest BCUT2D eigenvalue weighted by atomic mass is 10.1. The Balaban J connectivity index is 1.57. The lowest BCUT2D eigenvalue weighted by Gasteiger charge is -2.25. The van der Waals surface area contributed by atoms with E-state index in [1.807, 2.05) is 13.0 Å². The lowest BCUT2D eigenvalue weighted by molar-refractivity contribution is 0.0844. The molecule has 1 fully saturated rings. The number of ether oxygens (including phenoxy) is 1. The monoisotopic (exact) mass is 346 g/mol. The minimum atomic E-state index is -0.438. The number of anilines is 1. The minimum absolute atomic E-state index is 0.283. The first kappa shape index (κ1) is 16.4. The van der Waals surface area contributed by atoms with Crippen molar-refractivity contribution in [2.24, 2.45) is 0 Å². The largest absolute Gasteiger partial charge is 0.378 e. The quantitative estimate of drug-likeness (QED) is 0.820. The summed E-state index contributed by atoms with van der Waals surface area (Å²) >= 11 is 1.40. The first-order chi connectivity index (χ1) is 11.6.